The lowest BCUT2D eigenvalue weighted by Gasteiger charge is -2.28. The Balaban J connectivity index is 2.07. The lowest BCUT2D eigenvalue weighted by Crippen LogP contribution is -2.47. The van der Waals surface area contributed by atoms with E-state index in [4.69, 9.17) is 9.84 Å². The number of carboxylic acids is 1. The Morgan fingerprint density at radius 3 is 2.61 bits per heavy atom. The molecule has 5 nitrogen and oxygen atoms in total. The minimum Gasteiger partial charge on any atom is -0.493 e. The molecular formula is C18H25NO4. The van der Waals surface area contributed by atoms with Crippen LogP contribution < -0.4 is 10.1 Å². The fourth-order valence-corrected chi connectivity index (χ4v) is 2.99. The van der Waals surface area contributed by atoms with Gasteiger partial charge in [0.2, 0.25) is 0 Å². The summed E-state index contributed by atoms with van der Waals surface area (Å²) in [6.45, 7) is 4.71. The third-order valence-electron chi connectivity index (χ3n) is 4.11. The number of aliphatic carboxylic acids is 1. The van der Waals surface area contributed by atoms with Crippen molar-refractivity contribution in [1.29, 1.82) is 0 Å². The molecule has 126 valence electrons. The smallest absolute Gasteiger partial charge is 0.305 e. The molecule has 0 heterocycles. The monoisotopic (exact) mass is 319 g/mol. The molecule has 1 amide bonds. The van der Waals surface area contributed by atoms with Crippen molar-refractivity contribution in [3.05, 3.63) is 29.8 Å². The topological polar surface area (TPSA) is 75.6 Å². The van der Waals surface area contributed by atoms with Gasteiger partial charge in [-0.15, -0.1) is 0 Å². The summed E-state index contributed by atoms with van der Waals surface area (Å²) in [4.78, 5) is 23.6. The minimum absolute atomic E-state index is 0.0255. The number of carbonyl (C=O) groups excluding carboxylic acids is 1. The maximum atomic E-state index is 12.5. The highest BCUT2D eigenvalue weighted by Gasteiger charge is 2.37. The molecule has 1 aliphatic carbocycles. The van der Waals surface area contributed by atoms with Gasteiger partial charge in [0.25, 0.3) is 5.91 Å². The van der Waals surface area contributed by atoms with E-state index in [9.17, 15) is 9.59 Å². The highest BCUT2D eigenvalue weighted by Crippen LogP contribution is 2.33. The van der Waals surface area contributed by atoms with Crippen LogP contribution in [0.3, 0.4) is 0 Å². The van der Waals surface area contributed by atoms with Gasteiger partial charge in [-0.05, 0) is 37.0 Å². The molecule has 5 heteroatoms. The fourth-order valence-electron chi connectivity index (χ4n) is 2.99. The number of carboxylic acid groups (broad SMARTS) is 1. The molecule has 0 atom stereocenters. The van der Waals surface area contributed by atoms with Crippen LogP contribution in [0.4, 0.5) is 0 Å². The summed E-state index contributed by atoms with van der Waals surface area (Å²) < 4.78 is 5.64. The molecule has 0 bridgehead atoms. The zero-order valence-electron chi connectivity index (χ0n) is 13.8. The summed E-state index contributed by atoms with van der Waals surface area (Å²) >= 11 is 0. The third-order valence-corrected chi connectivity index (χ3v) is 4.11. The first-order valence-corrected chi connectivity index (χ1v) is 8.17. The predicted molar refractivity (Wildman–Crippen MR) is 87.7 cm³/mol. The normalized spacial score (nSPS) is 16.3. The van der Waals surface area contributed by atoms with Crippen LogP contribution in [0.2, 0.25) is 0 Å². The van der Waals surface area contributed by atoms with E-state index in [2.05, 4.69) is 19.2 Å². The molecule has 1 aromatic carbocycles. The number of carbonyl (C=O) groups is 2. The van der Waals surface area contributed by atoms with Gasteiger partial charge in [0.1, 0.15) is 5.75 Å². The van der Waals surface area contributed by atoms with E-state index in [0.29, 0.717) is 36.7 Å². The Kier molecular flexibility index (Phi) is 5.64. The average molecular weight is 319 g/mol. The Morgan fingerprint density at radius 1 is 1.30 bits per heavy atom. The van der Waals surface area contributed by atoms with E-state index in [0.717, 1.165) is 12.8 Å². The van der Waals surface area contributed by atoms with E-state index in [1.807, 2.05) is 6.07 Å². The molecule has 0 unspecified atom stereocenters. The van der Waals surface area contributed by atoms with Crippen molar-refractivity contribution in [2.24, 2.45) is 5.92 Å². The van der Waals surface area contributed by atoms with Crippen LogP contribution in [-0.4, -0.2) is 29.1 Å². The van der Waals surface area contributed by atoms with Gasteiger partial charge in [-0.3, -0.25) is 9.59 Å². The fraction of sp³-hybridized carbons (Fsp3) is 0.556. The molecule has 2 rings (SSSR count). The van der Waals surface area contributed by atoms with Crippen molar-refractivity contribution in [1.82, 2.24) is 5.32 Å². The van der Waals surface area contributed by atoms with Crippen LogP contribution in [0.5, 0.6) is 5.75 Å². The highest BCUT2D eigenvalue weighted by atomic mass is 16.5. The van der Waals surface area contributed by atoms with E-state index in [1.165, 1.54) is 0 Å². The second-order valence-corrected chi connectivity index (χ2v) is 6.74. The zero-order valence-corrected chi connectivity index (χ0v) is 13.8. The van der Waals surface area contributed by atoms with Crippen molar-refractivity contribution < 1.29 is 19.4 Å². The lowest BCUT2D eigenvalue weighted by atomic mass is 9.92. The van der Waals surface area contributed by atoms with Gasteiger partial charge < -0.3 is 15.2 Å². The van der Waals surface area contributed by atoms with Crippen LogP contribution in [0.15, 0.2) is 24.3 Å². The second-order valence-electron chi connectivity index (χ2n) is 6.74. The van der Waals surface area contributed by atoms with Gasteiger partial charge >= 0.3 is 5.97 Å². The number of benzene rings is 1. The molecule has 1 saturated carbocycles. The Labute approximate surface area is 137 Å². The minimum atomic E-state index is -0.874. The first kappa shape index (κ1) is 17.3. The summed E-state index contributed by atoms with van der Waals surface area (Å²) in [5, 5.41) is 12.1. The van der Waals surface area contributed by atoms with Gasteiger partial charge in [-0.25, -0.2) is 0 Å². The molecule has 1 aromatic rings. The van der Waals surface area contributed by atoms with Crippen molar-refractivity contribution >= 4 is 11.9 Å². The number of amides is 1. The van der Waals surface area contributed by atoms with E-state index >= 15 is 0 Å². The third kappa shape index (κ3) is 4.98. The van der Waals surface area contributed by atoms with Crippen molar-refractivity contribution in [2.45, 2.75) is 51.5 Å². The van der Waals surface area contributed by atoms with Crippen molar-refractivity contribution in [3.8, 4) is 5.75 Å². The SMILES string of the molecule is CC(C)COc1cccc(C(=O)NC2(CC(=O)O)CCCC2)c1. The number of hydrogen-bond donors (Lipinski definition) is 2. The average Bonchev–Trinajstić information content (AvgIpc) is 2.92. The van der Waals surface area contributed by atoms with Crippen LogP contribution in [-0.2, 0) is 4.79 Å². The summed E-state index contributed by atoms with van der Waals surface area (Å²) in [6, 6.07) is 7.03. The molecule has 2 N–H and O–H groups in total. The molecule has 0 spiro atoms. The van der Waals surface area contributed by atoms with Gasteiger partial charge in [-0.2, -0.15) is 0 Å². The summed E-state index contributed by atoms with van der Waals surface area (Å²) in [5.41, 5.74) is -0.111. The van der Waals surface area contributed by atoms with Gasteiger partial charge in [-0.1, -0.05) is 32.8 Å². The lowest BCUT2D eigenvalue weighted by molar-refractivity contribution is -0.138. The molecule has 1 aliphatic rings. The molecule has 0 radical (unpaired) electrons. The standard InChI is InChI=1S/C18H25NO4/c1-13(2)12-23-15-7-5-6-14(10-15)17(22)19-18(11-16(20)21)8-3-4-9-18/h5-7,10,13H,3-4,8-9,11-12H2,1-2H3,(H,19,22)(H,20,21). The Bertz CT molecular complexity index is 562. The quantitative estimate of drug-likeness (QED) is 0.809. The maximum Gasteiger partial charge on any atom is 0.305 e. The second kappa shape index (κ2) is 7.49. The van der Waals surface area contributed by atoms with Crippen molar-refractivity contribution in [2.75, 3.05) is 6.61 Å². The molecule has 0 aromatic heterocycles. The van der Waals surface area contributed by atoms with E-state index in [-0.39, 0.29) is 12.3 Å². The van der Waals surface area contributed by atoms with Crippen LogP contribution >= 0.6 is 0 Å². The zero-order chi connectivity index (χ0) is 16.9. The van der Waals surface area contributed by atoms with Gasteiger partial charge in [0.05, 0.1) is 18.6 Å². The molecular weight excluding hydrogens is 294 g/mol. The van der Waals surface area contributed by atoms with Gasteiger partial charge in [0, 0.05) is 5.56 Å². The number of nitrogens with one attached hydrogen (secondary N) is 1. The molecule has 0 saturated heterocycles. The first-order valence-electron chi connectivity index (χ1n) is 8.17. The number of rotatable bonds is 7. The van der Waals surface area contributed by atoms with Crippen LogP contribution in [0.1, 0.15) is 56.3 Å². The Morgan fingerprint density at radius 2 is 2.00 bits per heavy atom. The first-order chi connectivity index (χ1) is 10.9. The summed E-state index contributed by atoms with van der Waals surface area (Å²) in [6.07, 6.45) is 3.31. The van der Waals surface area contributed by atoms with Crippen LogP contribution in [0.25, 0.3) is 0 Å². The molecule has 23 heavy (non-hydrogen) atoms. The summed E-state index contributed by atoms with van der Waals surface area (Å²) in [7, 11) is 0. The highest BCUT2D eigenvalue weighted by molar-refractivity contribution is 5.95. The van der Waals surface area contributed by atoms with Crippen LogP contribution in [0, 0.1) is 5.92 Å². The largest absolute Gasteiger partial charge is 0.493 e. The molecule has 0 aliphatic heterocycles. The number of hydrogen-bond acceptors (Lipinski definition) is 3. The summed E-state index contributed by atoms with van der Waals surface area (Å²) in [5.74, 6) is -0.0424. The maximum absolute atomic E-state index is 12.5. The van der Waals surface area contributed by atoms with E-state index in [1.54, 1.807) is 18.2 Å². The number of ether oxygens (including phenoxy) is 1. The van der Waals surface area contributed by atoms with E-state index < -0.39 is 11.5 Å². The Hall–Kier alpha value is -2.04. The predicted octanol–water partition coefficient (Wildman–Crippen LogP) is 3.24. The molecule has 1 fully saturated rings. The van der Waals surface area contributed by atoms with Gasteiger partial charge in [0.15, 0.2) is 0 Å². The van der Waals surface area contributed by atoms with Crippen molar-refractivity contribution in [3.63, 3.8) is 0 Å².